The number of amides is 1. The summed E-state index contributed by atoms with van der Waals surface area (Å²) in [5.74, 6) is 2.65. The Morgan fingerprint density at radius 3 is 2.52 bits per heavy atom. The Morgan fingerprint density at radius 1 is 1.02 bits per heavy atom. The Labute approximate surface area is 238 Å². The van der Waals surface area contributed by atoms with Crippen molar-refractivity contribution in [2.24, 2.45) is 0 Å². The Kier molecular flexibility index (Phi) is 6.54. The van der Waals surface area contributed by atoms with Crippen molar-refractivity contribution < 1.29 is 23.5 Å². The zero-order valence-electron chi connectivity index (χ0n) is 23.0. The third kappa shape index (κ3) is 4.37. The molecule has 2 saturated heterocycles. The second-order valence-electron chi connectivity index (χ2n) is 11.0. The number of fused-ring (bicyclic) bond motifs is 4. The second kappa shape index (κ2) is 10.2. The van der Waals surface area contributed by atoms with Gasteiger partial charge in [0.25, 0.3) is 5.91 Å². The van der Waals surface area contributed by atoms with Gasteiger partial charge < -0.3 is 33.3 Å². The molecule has 7 rings (SSSR count). The summed E-state index contributed by atoms with van der Waals surface area (Å²) in [6.07, 6.45) is 5.34. The Morgan fingerprint density at radius 2 is 1.82 bits per heavy atom. The molecule has 0 radical (unpaired) electrons. The van der Waals surface area contributed by atoms with E-state index in [-0.39, 0.29) is 11.3 Å². The summed E-state index contributed by atoms with van der Waals surface area (Å²) >= 11 is 1.36. The summed E-state index contributed by atoms with van der Waals surface area (Å²) in [5.41, 5.74) is 5.64. The topological polar surface area (TPSA) is 89.3 Å². The fourth-order valence-corrected chi connectivity index (χ4v) is 6.93. The fraction of sp³-hybridized carbons (Fsp3) is 0.467. The number of anilines is 2. The molecule has 1 N–H and O–H groups in total. The van der Waals surface area contributed by atoms with Crippen molar-refractivity contribution in [3.63, 3.8) is 0 Å². The molecule has 2 aromatic carbocycles. The highest BCUT2D eigenvalue weighted by atomic mass is 32.2. The van der Waals surface area contributed by atoms with E-state index in [0.717, 1.165) is 48.0 Å². The van der Waals surface area contributed by atoms with Gasteiger partial charge in [-0.15, -0.1) is 0 Å². The molecular weight excluding hydrogens is 528 g/mol. The van der Waals surface area contributed by atoms with Crippen LogP contribution in [0.15, 0.2) is 39.8 Å². The molecule has 2 aliphatic heterocycles. The van der Waals surface area contributed by atoms with Gasteiger partial charge in [-0.05, 0) is 73.9 Å². The first kappa shape index (κ1) is 25.6. The van der Waals surface area contributed by atoms with Gasteiger partial charge in [-0.3, -0.25) is 4.79 Å². The number of methoxy groups -OCH3 is 2. The first-order chi connectivity index (χ1) is 19.6. The zero-order valence-corrected chi connectivity index (χ0v) is 23.8. The fourth-order valence-electron chi connectivity index (χ4n) is 6.08. The highest BCUT2D eigenvalue weighted by Crippen LogP contribution is 2.59. The van der Waals surface area contributed by atoms with Gasteiger partial charge in [0.1, 0.15) is 16.4 Å². The van der Waals surface area contributed by atoms with Gasteiger partial charge in [-0.2, -0.15) is 0 Å². The smallest absolute Gasteiger partial charge is 0.254 e. The molecule has 3 heterocycles. The highest BCUT2D eigenvalue weighted by Gasteiger charge is 2.50. The lowest BCUT2D eigenvalue weighted by Gasteiger charge is -2.34. The van der Waals surface area contributed by atoms with Crippen LogP contribution in [0.1, 0.15) is 47.2 Å². The monoisotopic (exact) mass is 562 g/mol. The van der Waals surface area contributed by atoms with Crippen LogP contribution in [0.4, 0.5) is 11.5 Å². The van der Waals surface area contributed by atoms with Crippen molar-refractivity contribution in [3.05, 3.63) is 47.0 Å². The van der Waals surface area contributed by atoms with E-state index in [2.05, 4.69) is 33.0 Å². The minimum absolute atomic E-state index is 0.0526. The van der Waals surface area contributed by atoms with E-state index in [1.165, 1.54) is 48.0 Å². The number of benzene rings is 2. The maximum Gasteiger partial charge on any atom is 0.254 e. The molecule has 40 heavy (non-hydrogen) atoms. The maximum absolute atomic E-state index is 13.3. The van der Waals surface area contributed by atoms with Gasteiger partial charge in [-0.1, -0.05) is 11.2 Å². The summed E-state index contributed by atoms with van der Waals surface area (Å²) in [6.45, 7) is 4.68. The van der Waals surface area contributed by atoms with Crippen molar-refractivity contribution in [1.82, 2.24) is 10.1 Å². The Hall–Kier alpha value is -3.37. The van der Waals surface area contributed by atoms with Gasteiger partial charge in [0.2, 0.25) is 0 Å². The largest absolute Gasteiger partial charge is 0.495 e. The van der Waals surface area contributed by atoms with Crippen LogP contribution in [0.5, 0.6) is 11.5 Å². The molecular formula is C30H34N4O5S. The first-order valence-corrected chi connectivity index (χ1v) is 14.9. The van der Waals surface area contributed by atoms with Crippen LogP contribution in [-0.4, -0.2) is 69.6 Å². The normalized spacial score (nSPS) is 18.9. The molecule has 1 aromatic heterocycles. The SMILES string of the molecule is COc1cc(C(=O)N2CCCOCC2)cc(OC)c1SNc1noc2c1CC1(CC1)c1ccc(N3CCC3)cc1-2. The number of hydrogen-bond donors (Lipinski definition) is 1. The lowest BCUT2D eigenvalue weighted by atomic mass is 9.79. The zero-order chi connectivity index (χ0) is 27.3. The molecule has 0 atom stereocenters. The molecule has 4 aliphatic rings. The van der Waals surface area contributed by atoms with Gasteiger partial charge >= 0.3 is 0 Å². The van der Waals surface area contributed by atoms with Crippen LogP contribution < -0.4 is 19.1 Å². The molecule has 210 valence electrons. The minimum atomic E-state index is -0.0526. The number of ether oxygens (including phenoxy) is 3. The molecule has 3 fully saturated rings. The third-order valence-corrected chi connectivity index (χ3v) is 9.57. The van der Waals surface area contributed by atoms with E-state index in [1.807, 2.05) is 4.90 Å². The second-order valence-corrected chi connectivity index (χ2v) is 11.9. The van der Waals surface area contributed by atoms with Crippen LogP contribution in [0.3, 0.4) is 0 Å². The first-order valence-electron chi connectivity index (χ1n) is 14.0. The van der Waals surface area contributed by atoms with Crippen molar-refractivity contribution in [2.75, 3.05) is 63.2 Å². The van der Waals surface area contributed by atoms with Crippen LogP contribution in [0.25, 0.3) is 11.3 Å². The van der Waals surface area contributed by atoms with Crippen LogP contribution in [-0.2, 0) is 16.6 Å². The van der Waals surface area contributed by atoms with E-state index in [9.17, 15) is 4.79 Å². The van der Waals surface area contributed by atoms with E-state index in [1.54, 1.807) is 26.4 Å². The van der Waals surface area contributed by atoms with Crippen molar-refractivity contribution in [1.29, 1.82) is 0 Å². The number of nitrogens with one attached hydrogen (secondary N) is 1. The molecule has 2 aliphatic carbocycles. The van der Waals surface area contributed by atoms with Crippen molar-refractivity contribution in [2.45, 2.75) is 42.4 Å². The minimum Gasteiger partial charge on any atom is -0.495 e. The quantitative estimate of drug-likeness (QED) is 0.393. The molecule has 1 saturated carbocycles. The molecule has 0 unspecified atom stereocenters. The van der Waals surface area contributed by atoms with Crippen LogP contribution >= 0.6 is 11.9 Å². The van der Waals surface area contributed by atoms with E-state index < -0.39 is 0 Å². The molecule has 1 spiro atoms. The summed E-state index contributed by atoms with van der Waals surface area (Å²) < 4.78 is 26.4. The predicted molar refractivity (Wildman–Crippen MR) is 154 cm³/mol. The summed E-state index contributed by atoms with van der Waals surface area (Å²) in [5, 5.41) is 4.47. The third-order valence-electron chi connectivity index (χ3n) is 8.66. The predicted octanol–water partition coefficient (Wildman–Crippen LogP) is 5.14. The number of rotatable bonds is 7. The number of carbonyl (C=O) groups is 1. The van der Waals surface area contributed by atoms with Crippen molar-refractivity contribution in [3.8, 4) is 22.8 Å². The number of hydrogen-bond acceptors (Lipinski definition) is 9. The van der Waals surface area contributed by atoms with Crippen LogP contribution in [0, 0.1) is 0 Å². The standard InChI is InChI=1S/C30H34N4O5S/c1-36-24-15-19(29(35)34-11-4-13-38-14-12-34)16-25(37-2)27(24)40-32-28-22-18-30(7-8-30)23-6-5-20(33-9-3-10-33)17-21(23)26(22)39-31-28/h5-6,15-17H,3-4,7-14,18H2,1-2H3,(H,31,32). The van der Waals surface area contributed by atoms with Crippen LogP contribution in [0.2, 0.25) is 0 Å². The number of nitrogens with zero attached hydrogens (tertiary/aromatic N) is 3. The van der Waals surface area contributed by atoms with E-state index >= 15 is 0 Å². The average Bonchev–Trinajstić information content (AvgIpc) is 3.68. The molecule has 10 heteroatoms. The van der Waals surface area contributed by atoms with E-state index in [0.29, 0.717) is 43.4 Å². The van der Waals surface area contributed by atoms with Gasteiger partial charge in [0, 0.05) is 60.6 Å². The average molecular weight is 563 g/mol. The summed E-state index contributed by atoms with van der Waals surface area (Å²) in [6, 6.07) is 10.4. The maximum atomic E-state index is 13.3. The molecule has 3 aromatic rings. The highest BCUT2D eigenvalue weighted by molar-refractivity contribution is 8.00. The molecule has 0 bridgehead atoms. The lowest BCUT2D eigenvalue weighted by molar-refractivity contribution is 0.0740. The summed E-state index contributed by atoms with van der Waals surface area (Å²) in [4.78, 5) is 18.3. The summed E-state index contributed by atoms with van der Waals surface area (Å²) in [7, 11) is 3.21. The number of carbonyl (C=O) groups excluding carboxylic acids is 1. The Balaban J connectivity index is 1.16. The lowest BCUT2D eigenvalue weighted by Crippen LogP contribution is -2.37. The van der Waals surface area contributed by atoms with Crippen molar-refractivity contribution >= 4 is 29.4 Å². The molecule has 1 amide bonds. The number of aromatic nitrogens is 1. The Bertz CT molecular complexity index is 1410. The van der Waals surface area contributed by atoms with Gasteiger partial charge in [0.15, 0.2) is 11.6 Å². The molecule has 9 nitrogen and oxygen atoms in total. The van der Waals surface area contributed by atoms with Gasteiger partial charge in [-0.25, -0.2) is 0 Å². The van der Waals surface area contributed by atoms with Gasteiger partial charge in [0.05, 0.1) is 20.8 Å². The van der Waals surface area contributed by atoms with E-state index in [4.69, 9.17) is 18.7 Å².